The number of carbonyl (C=O) groups excluding carboxylic acids is 1. The number of rotatable bonds is 9. The summed E-state index contributed by atoms with van der Waals surface area (Å²) in [5.41, 5.74) is 2.25. The van der Waals surface area contributed by atoms with Crippen molar-refractivity contribution in [3.63, 3.8) is 0 Å². The summed E-state index contributed by atoms with van der Waals surface area (Å²) in [4.78, 5) is 13.1. The van der Waals surface area contributed by atoms with Crippen molar-refractivity contribution < 1.29 is 26.7 Å². The predicted molar refractivity (Wildman–Crippen MR) is 126 cm³/mol. The second-order valence-corrected chi connectivity index (χ2v) is 9.78. The molecule has 2 N–H and O–H groups in total. The van der Waals surface area contributed by atoms with Crippen LogP contribution in [0.5, 0.6) is 5.75 Å². The zero-order valence-electron chi connectivity index (χ0n) is 18.8. The van der Waals surface area contributed by atoms with Gasteiger partial charge in [0.1, 0.15) is 5.75 Å². The first-order valence-electron chi connectivity index (χ1n) is 10.3. The molecule has 7 nitrogen and oxygen atoms in total. The molecule has 3 aromatic carbocycles. The molecule has 1 unspecified atom stereocenters. The molecular formula is C24H25F2N3O4S. The number of carbonyl (C=O) groups is 1. The Morgan fingerprint density at radius 3 is 2.15 bits per heavy atom. The van der Waals surface area contributed by atoms with Gasteiger partial charge in [0.05, 0.1) is 22.2 Å². The van der Waals surface area contributed by atoms with Gasteiger partial charge in [0.15, 0.2) is 0 Å². The average molecular weight is 490 g/mol. The number of benzene rings is 3. The Bertz CT molecular complexity index is 1230. The number of hydrogen-bond donors (Lipinski definition) is 2. The lowest BCUT2D eigenvalue weighted by atomic mass is 10.1. The fourth-order valence-electron chi connectivity index (χ4n) is 3.16. The molecule has 0 heterocycles. The summed E-state index contributed by atoms with van der Waals surface area (Å²) in [6.45, 7) is -1.11. The van der Waals surface area contributed by atoms with Gasteiger partial charge in [0.2, 0.25) is 10.0 Å². The molecule has 0 aliphatic heterocycles. The lowest BCUT2D eigenvalue weighted by molar-refractivity contribution is -0.0498. The van der Waals surface area contributed by atoms with Gasteiger partial charge >= 0.3 is 6.61 Å². The number of halogens is 2. The molecule has 3 rings (SSSR count). The lowest BCUT2D eigenvalue weighted by Crippen LogP contribution is -2.27. The number of alkyl halides is 2. The number of nitrogens with one attached hydrogen (secondary N) is 2. The molecule has 1 atom stereocenters. The number of hydrogen-bond acceptors (Lipinski definition) is 5. The summed E-state index contributed by atoms with van der Waals surface area (Å²) in [5, 5.41) is 6.01. The van der Waals surface area contributed by atoms with Crippen LogP contribution in [0.2, 0.25) is 0 Å². The van der Waals surface area contributed by atoms with Gasteiger partial charge in [-0.1, -0.05) is 24.3 Å². The normalized spacial score (nSPS) is 12.4. The van der Waals surface area contributed by atoms with E-state index < -0.39 is 16.6 Å². The van der Waals surface area contributed by atoms with E-state index in [9.17, 15) is 22.0 Å². The highest BCUT2D eigenvalue weighted by molar-refractivity contribution is 7.89. The van der Waals surface area contributed by atoms with E-state index in [4.69, 9.17) is 0 Å². The van der Waals surface area contributed by atoms with Gasteiger partial charge in [0, 0.05) is 19.8 Å². The molecule has 10 heteroatoms. The van der Waals surface area contributed by atoms with Crippen molar-refractivity contribution in [2.75, 3.05) is 19.4 Å². The standard InChI is InChI=1S/C24H25F2N3O4S/c1-16(17-8-14-20(15-9-17)34(31,32)29(2)3)27-23(30)21-6-4-5-7-22(21)28-18-10-12-19(13-11-18)33-24(25)26/h4-16,24,28H,1-3H3,(H,27,30). The molecule has 34 heavy (non-hydrogen) atoms. The molecule has 0 aliphatic rings. The van der Waals surface area contributed by atoms with Crippen molar-refractivity contribution in [1.82, 2.24) is 9.62 Å². The zero-order chi connectivity index (χ0) is 24.9. The van der Waals surface area contributed by atoms with Gasteiger partial charge in [-0.15, -0.1) is 0 Å². The average Bonchev–Trinajstić information content (AvgIpc) is 2.80. The number of amides is 1. The van der Waals surface area contributed by atoms with Crippen molar-refractivity contribution in [2.45, 2.75) is 24.5 Å². The molecule has 3 aromatic rings. The Balaban J connectivity index is 1.72. The van der Waals surface area contributed by atoms with Crippen LogP contribution in [0.4, 0.5) is 20.2 Å². The van der Waals surface area contributed by atoms with Crippen LogP contribution < -0.4 is 15.4 Å². The van der Waals surface area contributed by atoms with Crippen molar-refractivity contribution in [3.8, 4) is 5.75 Å². The summed E-state index contributed by atoms with van der Waals surface area (Å²) in [6, 6.07) is 18.8. The first-order chi connectivity index (χ1) is 16.1. The van der Waals surface area contributed by atoms with Gasteiger partial charge in [-0.05, 0) is 61.0 Å². The third-order valence-electron chi connectivity index (χ3n) is 5.04. The molecule has 0 bridgehead atoms. The highest BCUT2D eigenvalue weighted by Gasteiger charge is 2.19. The fourth-order valence-corrected chi connectivity index (χ4v) is 4.06. The summed E-state index contributed by atoms with van der Waals surface area (Å²) >= 11 is 0. The van der Waals surface area contributed by atoms with E-state index in [0.717, 1.165) is 9.87 Å². The molecule has 180 valence electrons. The van der Waals surface area contributed by atoms with Crippen LogP contribution in [0.1, 0.15) is 28.9 Å². The summed E-state index contributed by atoms with van der Waals surface area (Å²) in [5.74, 6) is -0.303. The Morgan fingerprint density at radius 2 is 1.56 bits per heavy atom. The second-order valence-electron chi connectivity index (χ2n) is 7.63. The molecule has 0 aromatic heterocycles. The van der Waals surface area contributed by atoms with Crippen molar-refractivity contribution >= 4 is 27.3 Å². The third-order valence-corrected chi connectivity index (χ3v) is 6.87. The minimum absolute atomic E-state index is 0.0322. The summed E-state index contributed by atoms with van der Waals surface area (Å²) in [6.07, 6.45) is 0. The largest absolute Gasteiger partial charge is 0.435 e. The van der Waals surface area contributed by atoms with Crippen LogP contribution in [-0.2, 0) is 10.0 Å². The van der Waals surface area contributed by atoms with Gasteiger partial charge in [0.25, 0.3) is 5.91 Å². The fraction of sp³-hybridized carbons (Fsp3) is 0.208. The number of nitrogens with zero attached hydrogens (tertiary/aromatic N) is 1. The van der Waals surface area contributed by atoms with E-state index in [1.54, 1.807) is 55.5 Å². The molecule has 0 saturated heterocycles. The smallest absolute Gasteiger partial charge is 0.387 e. The van der Waals surface area contributed by atoms with Crippen LogP contribution in [0.25, 0.3) is 0 Å². The molecule has 0 aliphatic carbocycles. The molecule has 1 amide bonds. The van der Waals surface area contributed by atoms with E-state index in [-0.39, 0.29) is 22.6 Å². The topological polar surface area (TPSA) is 87.7 Å². The van der Waals surface area contributed by atoms with E-state index >= 15 is 0 Å². The zero-order valence-corrected chi connectivity index (χ0v) is 19.6. The molecular weight excluding hydrogens is 464 g/mol. The van der Waals surface area contributed by atoms with Crippen LogP contribution in [0.3, 0.4) is 0 Å². The first-order valence-corrected chi connectivity index (χ1v) is 11.8. The monoisotopic (exact) mass is 489 g/mol. The van der Waals surface area contributed by atoms with Crippen molar-refractivity contribution in [3.05, 3.63) is 83.9 Å². The summed E-state index contributed by atoms with van der Waals surface area (Å²) in [7, 11) is -0.614. The minimum atomic E-state index is -3.54. The number of para-hydroxylation sites is 1. The van der Waals surface area contributed by atoms with Gasteiger partial charge in [-0.25, -0.2) is 12.7 Å². The lowest BCUT2D eigenvalue weighted by Gasteiger charge is -2.18. The molecule has 0 saturated carbocycles. The van der Waals surface area contributed by atoms with Crippen LogP contribution >= 0.6 is 0 Å². The van der Waals surface area contributed by atoms with Crippen molar-refractivity contribution in [1.29, 1.82) is 0 Å². The maximum absolute atomic E-state index is 13.0. The van der Waals surface area contributed by atoms with E-state index in [1.165, 1.54) is 38.4 Å². The van der Waals surface area contributed by atoms with Crippen LogP contribution in [0, 0.1) is 0 Å². The molecule has 0 radical (unpaired) electrons. The van der Waals surface area contributed by atoms with Gasteiger partial charge in [-0.3, -0.25) is 4.79 Å². The van der Waals surface area contributed by atoms with E-state index in [2.05, 4.69) is 15.4 Å². The highest BCUT2D eigenvalue weighted by atomic mass is 32.2. The molecule has 0 fully saturated rings. The van der Waals surface area contributed by atoms with Crippen molar-refractivity contribution in [2.24, 2.45) is 0 Å². The quantitative estimate of drug-likeness (QED) is 0.452. The SMILES string of the molecule is CC(NC(=O)c1ccccc1Nc1ccc(OC(F)F)cc1)c1ccc(S(=O)(=O)N(C)C)cc1. The number of ether oxygens (including phenoxy) is 1. The van der Waals surface area contributed by atoms with Crippen LogP contribution in [-0.4, -0.2) is 39.3 Å². The number of sulfonamides is 1. The Morgan fingerprint density at radius 1 is 0.941 bits per heavy atom. The second kappa shape index (κ2) is 10.6. The van der Waals surface area contributed by atoms with E-state index in [1.807, 2.05) is 0 Å². The number of anilines is 2. The first kappa shape index (κ1) is 25.1. The minimum Gasteiger partial charge on any atom is -0.435 e. The van der Waals surface area contributed by atoms with E-state index in [0.29, 0.717) is 16.9 Å². The van der Waals surface area contributed by atoms with Gasteiger partial charge in [-0.2, -0.15) is 8.78 Å². The Labute approximate surface area is 197 Å². The molecule has 0 spiro atoms. The maximum Gasteiger partial charge on any atom is 0.387 e. The van der Waals surface area contributed by atoms with Gasteiger partial charge < -0.3 is 15.4 Å². The Kier molecular flexibility index (Phi) is 7.85. The summed E-state index contributed by atoms with van der Waals surface area (Å²) < 4.78 is 54.6. The third kappa shape index (κ3) is 6.09. The Hall–Kier alpha value is -3.50. The predicted octanol–water partition coefficient (Wildman–Crippen LogP) is 4.77. The van der Waals surface area contributed by atoms with Crippen LogP contribution in [0.15, 0.2) is 77.7 Å². The maximum atomic E-state index is 13.0. The highest BCUT2D eigenvalue weighted by Crippen LogP contribution is 2.25.